The van der Waals surface area contributed by atoms with E-state index in [1.165, 1.54) is 68.8 Å². The fraction of sp³-hybridized carbons (Fsp3) is 0.370. The third-order valence-electron chi connectivity index (χ3n) is 9.35. The fourth-order valence-electron chi connectivity index (χ4n) is 6.38. The number of hydrogen-bond acceptors (Lipinski definition) is 0. The van der Waals surface area contributed by atoms with Crippen LogP contribution in [0.15, 0.2) is 96.1 Å². The minimum absolute atomic E-state index is 0. The second-order valence-corrected chi connectivity index (χ2v) is 17.4. The van der Waals surface area contributed by atoms with Crippen molar-refractivity contribution in [3.05, 3.63) is 153 Å². The summed E-state index contributed by atoms with van der Waals surface area (Å²) in [4.78, 5) is 0. The third kappa shape index (κ3) is 12.6. The van der Waals surface area contributed by atoms with E-state index in [0.29, 0.717) is 15.0 Å². The normalized spacial score (nSPS) is 14.9. The molecule has 4 aromatic rings. The first-order chi connectivity index (χ1) is 24.4. The predicted molar refractivity (Wildman–Crippen MR) is 202 cm³/mol. The molecule has 0 saturated carbocycles. The van der Waals surface area contributed by atoms with E-state index in [4.69, 9.17) is 0 Å². The van der Waals surface area contributed by atoms with Gasteiger partial charge in [-0.3, -0.25) is 6.08 Å². The van der Waals surface area contributed by atoms with Crippen molar-refractivity contribution in [2.45, 2.75) is 98.8 Å². The van der Waals surface area contributed by atoms with Gasteiger partial charge in [0, 0.05) is 0 Å². The van der Waals surface area contributed by atoms with Crippen LogP contribution < -0.4 is 24.8 Å². The summed E-state index contributed by atoms with van der Waals surface area (Å²) in [6.07, 6.45) is -2.27. The molecule has 0 radical (unpaired) electrons. The fourth-order valence-corrected chi connectivity index (χ4v) is 7.15. The molecule has 0 bridgehead atoms. The predicted octanol–water partition coefficient (Wildman–Crippen LogP) is 7.47. The van der Waals surface area contributed by atoms with Gasteiger partial charge in [-0.1, -0.05) is 105 Å². The van der Waals surface area contributed by atoms with Crippen molar-refractivity contribution in [3.63, 3.8) is 0 Å². The van der Waals surface area contributed by atoms with Crippen LogP contribution in [0, 0.1) is 24.0 Å². The van der Waals surface area contributed by atoms with Crippen LogP contribution in [-0.2, 0) is 53.8 Å². The van der Waals surface area contributed by atoms with E-state index in [1.807, 2.05) is 0 Å². The molecule has 294 valence electrons. The van der Waals surface area contributed by atoms with Crippen LogP contribution in [0.25, 0.3) is 11.1 Å². The molecule has 0 fully saturated rings. The molecule has 0 amide bonds. The summed E-state index contributed by atoms with van der Waals surface area (Å²) in [5.74, 6) is 1.20. The van der Waals surface area contributed by atoms with Gasteiger partial charge in [-0.05, 0) is 28.4 Å². The Kier molecular flexibility index (Phi) is 16.5. The number of rotatable bonds is 3. The summed E-state index contributed by atoms with van der Waals surface area (Å²) in [5, 5.41) is 0. The van der Waals surface area contributed by atoms with Crippen LogP contribution >= 0.6 is 0 Å². The topological polar surface area (TPSA) is 0 Å². The van der Waals surface area contributed by atoms with E-state index in [-0.39, 0.29) is 46.8 Å². The zero-order valence-electron chi connectivity index (χ0n) is 33.0. The monoisotopic (exact) mass is 874 g/mol. The number of hydrogen-bond donors (Lipinski definition) is 0. The molecular weight excluding hydrogens is 829 g/mol. The van der Waals surface area contributed by atoms with Crippen LogP contribution in [0.2, 0.25) is 0 Å². The van der Waals surface area contributed by atoms with Crippen molar-refractivity contribution >= 4 is 3.21 Å². The van der Waals surface area contributed by atoms with Gasteiger partial charge >= 0.3 is 137 Å². The molecule has 0 N–H and O–H groups in total. The second-order valence-electron chi connectivity index (χ2n) is 16.2. The van der Waals surface area contributed by atoms with Crippen molar-refractivity contribution in [3.8, 4) is 11.1 Å². The molecule has 0 saturated heterocycles. The smallest absolute Gasteiger partial charge is 1.00 e. The molecule has 6 rings (SSSR count). The van der Waals surface area contributed by atoms with Gasteiger partial charge in [0.1, 0.15) is 0 Å². The largest absolute Gasteiger partial charge is 1.00 e. The maximum absolute atomic E-state index is 12.7. The summed E-state index contributed by atoms with van der Waals surface area (Å²) < 4.78 is 76.7. The average molecular weight is 877 g/mol. The van der Waals surface area contributed by atoms with Crippen LogP contribution in [0.3, 0.4) is 0 Å². The summed E-state index contributed by atoms with van der Waals surface area (Å²) in [6, 6.07) is 24.3. The molecule has 4 aromatic carbocycles. The Hall–Kier alpha value is -2.73. The second kappa shape index (κ2) is 18.7. The van der Waals surface area contributed by atoms with Crippen molar-refractivity contribution in [1.82, 2.24) is 0 Å². The molecule has 0 aromatic heterocycles. The zero-order chi connectivity index (χ0) is 39.7. The molecule has 0 aliphatic heterocycles. The Morgan fingerprint density at radius 2 is 1.20 bits per heavy atom. The van der Waals surface area contributed by atoms with Gasteiger partial charge in [-0.25, -0.2) is 5.57 Å². The summed E-state index contributed by atoms with van der Waals surface area (Å²) in [6.45, 7) is 22.4. The Labute approximate surface area is 351 Å². The maximum atomic E-state index is 12.7. The van der Waals surface area contributed by atoms with E-state index in [1.54, 1.807) is 0 Å². The molecule has 1 atom stereocenters. The quantitative estimate of drug-likeness (QED) is 0.131. The first-order valence-electron chi connectivity index (χ1n) is 17.8. The SMILES string of the molecule is CC(C)(C)c1[c-]c2c(cc1)-c1ccc(C(C)(C)C)cc1C2.CC1=[C-]C(C)C=C1C(C)C.FC(F)(F)c1cccc([C](=[Zr+2])c2cccc(C(F)(F)F)c2)c1.[Cl-].[Cl-]. The first kappa shape index (κ1) is 48.4. The molecule has 55 heavy (non-hydrogen) atoms. The first-order valence-corrected chi connectivity index (χ1v) is 19.0. The van der Waals surface area contributed by atoms with Crippen LogP contribution in [0.1, 0.15) is 114 Å². The van der Waals surface area contributed by atoms with Crippen molar-refractivity contribution in [2.24, 2.45) is 11.8 Å². The van der Waals surface area contributed by atoms with Gasteiger partial charge in [-0.15, -0.1) is 11.1 Å². The van der Waals surface area contributed by atoms with Gasteiger partial charge < -0.3 is 24.8 Å². The molecule has 9 heteroatoms. The molecular formula is C46H48Cl2F6Zr-2. The third-order valence-corrected chi connectivity index (χ3v) is 10.8. The van der Waals surface area contributed by atoms with Crippen molar-refractivity contribution in [1.29, 1.82) is 0 Å². The molecule has 0 nitrogen and oxygen atoms in total. The van der Waals surface area contributed by atoms with E-state index >= 15 is 0 Å². The summed E-state index contributed by atoms with van der Waals surface area (Å²) in [5.41, 5.74) is 10.4. The van der Waals surface area contributed by atoms with Gasteiger partial charge in [0.2, 0.25) is 0 Å². The Balaban J connectivity index is 0.000000298. The molecule has 2 aliphatic carbocycles. The van der Waals surface area contributed by atoms with E-state index in [0.717, 1.165) is 54.9 Å². The van der Waals surface area contributed by atoms with Crippen LogP contribution in [0.5, 0.6) is 0 Å². The van der Waals surface area contributed by atoms with Gasteiger partial charge in [0.25, 0.3) is 0 Å². The molecule has 0 spiro atoms. The Morgan fingerprint density at radius 3 is 1.60 bits per heavy atom. The minimum Gasteiger partial charge on any atom is -1.00 e. The van der Waals surface area contributed by atoms with Gasteiger partial charge in [-0.2, -0.15) is 35.4 Å². The maximum Gasteiger partial charge on any atom is -1.00 e. The molecule has 0 heterocycles. The average Bonchev–Trinajstić information content (AvgIpc) is 3.61. The molecule has 2 aliphatic rings. The van der Waals surface area contributed by atoms with E-state index < -0.39 is 23.5 Å². The van der Waals surface area contributed by atoms with Crippen molar-refractivity contribution in [2.75, 3.05) is 0 Å². The number of allylic oxidation sites excluding steroid dienone is 4. The molecule has 1 unspecified atom stereocenters. The van der Waals surface area contributed by atoms with Crippen molar-refractivity contribution < 1.29 is 75.4 Å². The number of halogens is 8. The number of alkyl halides is 6. The number of benzene rings is 4. The minimum atomic E-state index is -4.49. The van der Waals surface area contributed by atoms with Gasteiger partial charge in [0.15, 0.2) is 0 Å². The van der Waals surface area contributed by atoms with E-state index in [2.05, 4.69) is 118 Å². The number of fused-ring (bicyclic) bond motifs is 3. The standard InChI is InChI=1S/C21H25.C15H8F6.C10H15.2ClH.Zr/c1-20(2,3)16-7-9-18-14(12-16)11-15-13-17(21(4,5)6)8-10-19(15)18;16-14(17,18)12-5-1-3-10(8-12)7-11-4-2-6-13(9-11)15(19,20)21;1-7(2)10-6-8(3)5-9(10)4;;;/h7-10,12H,11H2,1-6H3;1-6,8-9H;6-8H,1-4H3;2*1H;/q-1;;-1;;;+2/p-2. The van der Waals surface area contributed by atoms with Crippen LogP contribution in [0.4, 0.5) is 26.3 Å². The van der Waals surface area contributed by atoms with E-state index in [9.17, 15) is 26.3 Å². The zero-order valence-corrected chi connectivity index (χ0v) is 36.9. The Morgan fingerprint density at radius 1 is 0.691 bits per heavy atom. The summed E-state index contributed by atoms with van der Waals surface area (Å²) >= 11 is 0.729. The van der Waals surface area contributed by atoms with Gasteiger partial charge in [0.05, 0.1) is 0 Å². The van der Waals surface area contributed by atoms with Crippen LogP contribution in [-0.4, -0.2) is 3.21 Å². The summed E-state index contributed by atoms with van der Waals surface area (Å²) in [7, 11) is 0. The Bertz CT molecular complexity index is 1900.